The third kappa shape index (κ3) is 2.87. The summed E-state index contributed by atoms with van der Waals surface area (Å²) in [4.78, 5) is 19.1. The van der Waals surface area contributed by atoms with Crippen molar-refractivity contribution < 1.29 is 9.90 Å². The molecular weight excluding hydrogens is 288 g/mol. The molecule has 7 heteroatoms. The maximum Gasteiger partial charge on any atom is 0.304 e. The first kappa shape index (κ1) is 13.6. The average Bonchev–Trinajstić information content (AvgIpc) is 2.92. The maximum absolute atomic E-state index is 10.6. The monoisotopic (exact) mass is 300 g/mol. The first-order valence-corrected chi connectivity index (χ1v) is 7.33. The van der Waals surface area contributed by atoms with Gasteiger partial charge in [0.25, 0.3) is 0 Å². The summed E-state index contributed by atoms with van der Waals surface area (Å²) in [6.07, 6.45) is 3.29. The molecule has 0 unspecified atom stereocenters. The van der Waals surface area contributed by atoms with Crippen molar-refractivity contribution in [1.82, 2.24) is 19.7 Å². The van der Waals surface area contributed by atoms with E-state index >= 15 is 0 Å². The molecule has 0 spiro atoms. The summed E-state index contributed by atoms with van der Waals surface area (Å²) in [6.45, 7) is 0. The lowest BCUT2D eigenvalue weighted by atomic mass is 10.3. The van der Waals surface area contributed by atoms with Crippen LogP contribution in [0.4, 0.5) is 0 Å². The van der Waals surface area contributed by atoms with Crippen molar-refractivity contribution in [2.45, 2.75) is 11.4 Å². The second-order valence-electron chi connectivity index (χ2n) is 4.30. The minimum Gasteiger partial charge on any atom is -0.481 e. The number of benzene rings is 1. The molecule has 6 nitrogen and oxygen atoms in total. The van der Waals surface area contributed by atoms with Crippen LogP contribution in [0.1, 0.15) is 6.42 Å². The largest absolute Gasteiger partial charge is 0.481 e. The van der Waals surface area contributed by atoms with Gasteiger partial charge in [0.05, 0.1) is 23.7 Å². The maximum atomic E-state index is 10.6. The van der Waals surface area contributed by atoms with E-state index in [2.05, 4.69) is 15.1 Å². The number of fused-ring (bicyclic) bond motifs is 1. The van der Waals surface area contributed by atoms with Crippen LogP contribution in [0.2, 0.25) is 0 Å². The Hall–Kier alpha value is -2.41. The van der Waals surface area contributed by atoms with Crippen LogP contribution in [-0.2, 0) is 4.79 Å². The highest BCUT2D eigenvalue weighted by atomic mass is 32.2. The van der Waals surface area contributed by atoms with Crippen molar-refractivity contribution in [1.29, 1.82) is 0 Å². The van der Waals surface area contributed by atoms with Crippen LogP contribution in [0.25, 0.3) is 16.7 Å². The number of hydrogen-bond donors (Lipinski definition) is 1. The molecule has 3 aromatic rings. The molecule has 2 aromatic heterocycles. The first-order valence-electron chi connectivity index (χ1n) is 6.34. The normalized spacial score (nSPS) is 10.9. The Labute approximate surface area is 124 Å². The standard InChI is InChI=1S/C14H12N4O2S/c19-12(20)6-7-21-14-11-8-17-18(13(11)15-9-16-14)10-4-2-1-3-5-10/h1-5,8-9H,6-7H2,(H,19,20). The number of aliphatic carboxylic acids is 1. The lowest BCUT2D eigenvalue weighted by Crippen LogP contribution is -1.98. The molecule has 0 fully saturated rings. The summed E-state index contributed by atoms with van der Waals surface area (Å²) in [5.74, 6) is -0.342. The fourth-order valence-corrected chi connectivity index (χ4v) is 2.82. The quantitative estimate of drug-likeness (QED) is 0.575. The van der Waals surface area contributed by atoms with Crippen LogP contribution in [0.3, 0.4) is 0 Å². The van der Waals surface area contributed by atoms with Gasteiger partial charge in [0.1, 0.15) is 11.4 Å². The van der Waals surface area contributed by atoms with Crippen LogP contribution in [0.5, 0.6) is 0 Å². The predicted octanol–water partition coefficient (Wildman–Crippen LogP) is 2.38. The SMILES string of the molecule is O=C(O)CCSc1ncnc2c1cnn2-c1ccccc1. The van der Waals surface area contributed by atoms with Crippen molar-refractivity contribution in [3.05, 3.63) is 42.9 Å². The second-order valence-corrected chi connectivity index (χ2v) is 5.38. The molecule has 0 saturated heterocycles. The van der Waals surface area contributed by atoms with E-state index in [4.69, 9.17) is 5.11 Å². The minimum absolute atomic E-state index is 0.100. The molecule has 0 aliphatic heterocycles. The summed E-state index contributed by atoms with van der Waals surface area (Å²) >= 11 is 1.40. The molecule has 0 bridgehead atoms. The van der Waals surface area contributed by atoms with E-state index in [1.165, 1.54) is 18.1 Å². The number of carboxylic acids is 1. The van der Waals surface area contributed by atoms with Crippen molar-refractivity contribution in [2.24, 2.45) is 0 Å². The van der Waals surface area contributed by atoms with Gasteiger partial charge in [-0.3, -0.25) is 4.79 Å². The molecule has 0 radical (unpaired) electrons. The zero-order chi connectivity index (χ0) is 14.7. The molecule has 1 N–H and O–H groups in total. The Morgan fingerprint density at radius 2 is 2.05 bits per heavy atom. The predicted molar refractivity (Wildman–Crippen MR) is 79.6 cm³/mol. The molecule has 0 saturated carbocycles. The Bertz CT molecular complexity index is 773. The third-order valence-electron chi connectivity index (χ3n) is 2.88. The van der Waals surface area contributed by atoms with Crippen molar-refractivity contribution in [2.75, 3.05) is 5.75 Å². The van der Waals surface area contributed by atoms with Crippen molar-refractivity contribution >= 4 is 28.8 Å². The highest BCUT2D eigenvalue weighted by Gasteiger charge is 2.11. The van der Waals surface area contributed by atoms with Gasteiger partial charge in [0, 0.05) is 5.75 Å². The van der Waals surface area contributed by atoms with E-state index in [-0.39, 0.29) is 6.42 Å². The third-order valence-corrected chi connectivity index (χ3v) is 3.89. The number of carboxylic acid groups (broad SMARTS) is 1. The fraction of sp³-hybridized carbons (Fsp3) is 0.143. The summed E-state index contributed by atoms with van der Waals surface area (Å²) < 4.78 is 1.75. The van der Waals surface area contributed by atoms with Gasteiger partial charge < -0.3 is 5.11 Å². The molecule has 2 heterocycles. The number of aromatic nitrogens is 4. The Morgan fingerprint density at radius 3 is 2.81 bits per heavy atom. The number of thioether (sulfide) groups is 1. The molecule has 0 atom stereocenters. The van der Waals surface area contributed by atoms with E-state index in [1.54, 1.807) is 10.9 Å². The summed E-state index contributed by atoms with van der Waals surface area (Å²) in [5, 5.41) is 14.6. The minimum atomic E-state index is -0.812. The second kappa shape index (κ2) is 5.92. The van der Waals surface area contributed by atoms with Gasteiger partial charge in [-0.2, -0.15) is 5.10 Å². The van der Waals surface area contributed by atoms with Gasteiger partial charge in [0.2, 0.25) is 0 Å². The molecule has 106 valence electrons. The van der Waals surface area contributed by atoms with Gasteiger partial charge in [-0.15, -0.1) is 11.8 Å². The number of carbonyl (C=O) groups is 1. The fourth-order valence-electron chi connectivity index (χ4n) is 1.93. The lowest BCUT2D eigenvalue weighted by molar-refractivity contribution is -0.136. The number of nitrogens with zero attached hydrogens (tertiary/aromatic N) is 4. The summed E-state index contributed by atoms with van der Waals surface area (Å²) in [6, 6.07) is 9.72. The molecule has 0 amide bonds. The lowest BCUT2D eigenvalue weighted by Gasteiger charge is -2.03. The van der Waals surface area contributed by atoms with E-state index < -0.39 is 5.97 Å². The summed E-state index contributed by atoms with van der Waals surface area (Å²) in [7, 11) is 0. The topological polar surface area (TPSA) is 80.9 Å². The number of rotatable bonds is 5. The van der Waals surface area contributed by atoms with E-state index in [9.17, 15) is 4.79 Å². The van der Waals surface area contributed by atoms with Gasteiger partial charge in [-0.1, -0.05) is 18.2 Å². The van der Waals surface area contributed by atoms with Crippen LogP contribution < -0.4 is 0 Å². The molecule has 0 aliphatic carbocycles. The highest BCUT2D eigenvalue weighted by Crippen LogP contribution is 2.26. The Balaban J connectivity index is 1.95. The van der Waals surface area contributed by atoms with E-state index in [0.717, 1.165) is 16.1 Å². The van der Waals surface area contributed by atoms with Crippen LogP contribution in [-0.4, -0.2) is 36.6 Å². The van der Waals surface area contributed by atoms with Gasteiger partial charge in [-0.05, 0) is 12.1 Å². The molecule has 0 aliphatic rings. The molecular formula is C14H12N4O2S. The number of hydrogen-bond acceptors (Lipinski definition) is 5. The van der Waals surface area contributed by atoms with E-state index in [1.807, 2.05) is 30.3 Å². The van der Waals surface area contributed by atoms with Crippen molar-refractivity contribution in [3.8, 4) is 5.69 Å². The molecule has 21 heavy (non-hydrogen) atoms. The van der Waals surface area contributed by atoms with Crippen LogP contribution in [0.15, 0.2) is 47.9 Å². The zero-order valence-corrected chi connectivity index (χ0v) is 11.8. The highest BCUT2D eigenvalue weighted by molar-refractivity contribution is 7.99. The van der Waals surface area contributed by atoms with Gasteiger partial charge in [0.15, 0.2) is 5.65 Å². The first-order chi connectivity index (χ1) is 10.3. The van der Waals surface area contributed by atoms with Crippen molar-refractivity contribution in [3.63, 3.8) is 0 Å². The average molecular weight is 300 g/mol. The van der Waals surface area contributed by atoms with Crippen LogP contribution >= 0.6 is 11.8 Å². The van der Waals surface area contributed by atoms with Gasteiger partial charge in [-0.25, -0.2) is 14.6 Å². The zero-order valence-electron chi connectivity index (χ0n) is 11.0. The van der Waals surface area contributed by atoms with Gasteiger partial charge >= 0.3 is 5.97 Å². The van der Waals surface area contributed by atoms with Crippen LogP contribution in [0, 0.1) is 0 Å². The Morgan fingerprint density at radius 1 is 1.24 bits per heavy atom. The number of para-hydroxylation sites is 1. The summed E-state index contributed by atoms with van der Waals surface area (Å²) in [5.41, 5.74) is 1.64. The molecule has 3 rings (SSSR count). The van der Waals surface area contributed by atoms with E-state index in [0.29, 0.717) is 11.4 Å². The molecule has 1 aromatic carbocycles. The Kier molecular flexibility index (Phi) is 3.83. The smallest absolute Gasteiger partial charge is 0.304 e.